The molecule has 0 unspecified atom stereocenters. The van der Waals surface area contributed by atoms with Crippen molar-refractivity contribution in [1.29, 1.82) is 0 Å². The van der Waals surface area contributed by atoms with Gasteiger partial charge in [0.2, 0.25) is 0 Å². The number of amides is 2. The number of hydrogen-bond donors (Lipinski definition) is 1. The third kappa shape index (κ3) is 3.64. The zero-order valence-electron chi connectivity index (χ0n) is 12.9. The van der Waals surface area contributed by atoms with Crippen molar-refractivity contribution in [2.75, 3.05) is 0 Å². The van der Waals surface area contributed by atoms with Gasteiger partial charge < -0.3 is 5.11 Å². The fraction of sp³-hybridized carbons (Fsp3) is 0.400. The van der Waals surface area contributed by atoms with Gasteiger partial charge in [0.05, 0.1) is 11.1 Å². The normalized spacial score (nSPS) is 13.9. The van der Waals surface area contributed by atoms with Crippen molar-refractivity contribution in [2.24, 2.45) is 0 Å². The molecule has 0 bridgehead atoms. The number of aliphatic carboxylic acids is 1. The Kier molecular flexibility index (Phi) is 5.55. The third-order valence-electron chi connectivity index (χ3n) is 2.88. The quantitative estimate of drug-likeness (QED) is 0.615. The fourth-order valence-corrected chi connectivity index (χ4v) is 1.79. The van der Waals surface area contributed by atoms with Gasteiger partial charge in [-0.15, -0.1) is 0 Å². The molecule has 1 aromatic carbocycles. The molecular formula is C15H20NO4Sn. The summed E-state index contributed by atoms with van der Waals surface area (Å²) in [5, 5.41) is 9.07. The van der Waals surface area contributed by atoms with E-state index in [1.165, 1.54) is 26.0 Å². The van der Waals surface area contributed by atoms with Crippen molar-refractivity contribution < 1.29 is 19.5 Å². The van der Waals surface area contributed by atoms with E-state index < -0.39 is 43.1 Å². The van der Waals surface area contributed by atoms with Crippen LogP contribution < -0.4 is 0 Å². The molecule has 0 fully saturated rings. The minimum atomic E-state index is -1.55. The summed E-state index contributed by atoms with van der Waals surface area (Å²) in [6, 6.07) is 6.32. The molecule has 0 saturated carbocycles. The summed E-state index contributed by atoms with van der Waals surface area (Å²) < 4.78 is 0. The number of carbonyl (C=O) groups excluding carboxylic acids is 2. The number of benzene rings is 1. The van der Waals surface area contributed by atoms with E-state index in [9.17, 15) is 14.4 Å². The summed E-state index contributed by atoms with van der Waals surface area (Å²) in [6.07, 6.45) is 0. The predicted molar refractivity (Wildman–Crippen MR) is 82.0 cm³/mol. The van der Waals surface area contributed by atoms with E-state index in [1.54, 1.807) is 12.1 Å². The fourth-order valence-electron chi connectivity index (χ4n) is 1.79. The Morgan fingerprint density at radius 1 is 1.05 bits per heavy atom. The third-order valence-corrected chi connectivity index (χ3v) is 2.88. The molecule has 1 aliphatic heterocycles. The van der Waals surface area contributed by atoms with Crippen molar-refractivity contribution >= 4 is 37.5 Å². The van der Waals surface area contributed by atoms with Gasteiger partial charge in [0, 0.05) is 0 Å². The van der Waals surface area contributed by atoms with Crippen LogP contribution in [0.3, 0.4) is 0 Å². The number of carboxylic acids is 1. The van der Waals surface area contributed by atoms with Crippen LogP contribution >= 0.6 is 0 Å². The maximum atomic E-state index is 12.0. The Balaban J connectivity index is 0.000000491. The first-order valence-electron chi connectivity index (χ1n) is 6.58. The Bertz CT molecular complexity index is 543. The van der Waals surface area contributed by atoms with Gasteiger partial charge in [0.25, 0.3) is 11.8 Å². The molecule has 5 nitrogen and oxygen atoms in total. The topological polar surface area (TPSA) is 74.7 Å². The van der Waals surface area contributed by atoms with Crippen molar-refractivity contribution in [3.8, 4) is 0 Å². The summed E-state index contributed by atoms with van der Waals surface area (Å²) in [4.78, 5) is 43.0. The molecule has 0 spiro atoms. The maximum absolute atomic E-state index is 12.0. The van der Waals surface area contributed by atoms with Crippen LogP contribution in [0.15, 0.2) is 24.3 Å². The SMILES string of the molecule is CC(C)(C(=O)O)N1C(=O)c2ccccc2C1=O.[CH3][Sn]([CH3])[CH3]. The molecule has 2 rings (SSSR count). The molecule has 21 heavy (non-hydrogen) atoms. The van der Waals surface area contributed by atoms with Gasteiger partial charge >= 0.3 is 40.5 Å². The number of hydrogen-bond acceptors (Lipinski definition) is 3. The van der Waals surface area contributed by atoms with Crippen LogP contribution in [0, 0.1) is 0 Å². The van der Waals surface area contributed by atoms with Gasteiger partial charge in [-0.25, -0.2) is 4.79 Å². The molecule has 0 saturated heterocycles. The standard InChI is InChI=1S/C12H11NO4.3CH3.Sn/c1-12(2,11(16)17)13-9(14)7-5-3-4-6-8(7)10(13)15;;;;/h3-6H,1-2H3,(H,16,17);3*1H3;. The molecule has 0 aromatic heterocycles. The van der Waals surface area contributed by atoms with Gasteiger partial charge in [0.15, 0.2) is 0 Å². The molecule has 6 heteroatoms. The van der Waals surface area contributed by atoms with Crippen LogP contribution in [-0.4, -0.2) is 53.1 Å². The Hall–Kier alpha value is -1.37. The summed E-state index contributed by atoms with van der Waals surface area (Å²) in [7, 11) is 0. The number of fused-ring (bicyclic) bond motifs is 1. The molecular weight excluding hydrogens is 377 g/mol. The summed E-state index contributed by atoms with van der Waals surface area (Å²) in [5.74, 6) is -2.33. The Labute approximate surface area is 131 Å². The van der Waals surface area contributed by atoms with Crippen LogP contribution in [0.2, 0.25) is 14.8 Å². The first-order chi connectivity index (χ1) is 9.60. The van der Waals surface area contributed by atoms with E-state index >= 15 is 0 Å². The molecule has 1 aliphatic rings. The Morgan fingerprint density at radius 3 is 1.67 bits per heavy atom. The average molecular weight is 397 g/mol. The van der Waals surface area contributed by atoms with Crippen molar-refractivity contribution in [3.05, 3.63) is 35.4 Å². The van der Waals surface area contributed by atoms with Crippen LogP contribution in [-0.2, 0) is 4.79 Å². The molecule has 113 valence electrons. The Morgan fingerprint density at radius 2 is 1.38 bits per heavy atom. The van der Waals surface area contributed by atoms with Crippen LogP contribution in [0.1, 0.15) is 34.6 Å². The average Bonchev–Trinajstić information content (AvgIpc) is 2.62. The van der Waals surface area contributed by atoms with E-state index in [1.807, 2.05) is 0 Å². The van der Waals surface area contributed by atoms with E-state index in [0.717, 1.165) is 4.90 Å². The van der Waals surface area contributed by atoms with E-state index in [2.05, 4.69) is 14.8 Å². The van der Waals surface area contributed by atoms with Gasteiger partial charge in [-0.1, -0.05) is 12.1 Å². The van der Waals surface area contributed by atoms with E-state index in [4.69, 9.17) is 5.11 Å². The summed E-state index contributed by atoms with van der Waals surface area (Å²) in [5.41, 5.74) is -1.04. The number of imide groups is 1. The second kappa shape index (κ2) is 6.59. The van der Waals surface area contributed by atoms with Crippen molar-refractivity contribution in [3.63, 3.8) is 0 Å². The first kappa shape index (κ1) is 17.7. The molecule has 1 radical (unpaired) electrons. The second-order valence-electron chi connectivity index (χ2n) is 5.86. The minimum absolute atomic E-state index is 0.256. The van der Waals surface area contributed by atoms with E-state index in [0.29, 0.717) is 0 Å². The molecule has 1 N–H and O–H groups in total. The second-order valence-corrected chi connectivity index (χ2v) is 14.4. The first-order valence-corrected chi connectivity index (χ1v) is 15.1. The van der Waals surface area contributed by atoms with Gasteiger partial charge in [-0.05, 0) is 26.0 Å². The van der Waals surface area contributed by atoms with Crippen LogP contribution in [0.5, 0.6) is 0 Å². The summed E-state index contributed by atoms with van der Waals surface area (Å²) in [6.45, 7) is 2.66. The summed E-state index contributed by atoms with van der Waals surface area (Å²) >= 11 is -0.543. The molecule has 1 aromatic rings. The van der Waals surface area contributed by atoms with Gasteiger partial charge in [0.1, 0.15) is 5.54 Å². The van der Waals surface area contributed by atoms with Crippen molar-refractivity contribution in [2.45, 2.75) is 34.2 Å². The number of rotatable bonds is 2. The monoisotopic (exact) mass is 398 g/mol. The molecule has 1 heterocycles. The molecule has 0 atom stereocenters. The zero-order valence-corrected chi connectivity index (χ0v) is 15.8. The zero-order chi connectivity index (χ0) is 16.4. The number of nitrogens with zero attached hydrogens (tertiary/aromatic N) is 1. The molecule has 0 aliphatic carbocycles. The number of carbonyl (C=O) groups is 3. The van der Waals surface area contributed by atoms with Crippen LogP contribution in [0.25, 0.3) is 0 Å². The van der Waals surface area contributed by atoms with Gasteiger partial charge in [-0.3, -0.25) is 14.5 Å². The van der Waals surface area contributed by atoms with Crippen LogP contribution in [0.4, 0.5) is 0 Å². The predicted octanol–water partition coefficient (Wildman–Crippen LogP) is 2.52. The molecule has 2 amide bonds. The van der Waals surface area contributed by atoms with Crippen molar-refractivity contribution in [1.82, 2.24) is 4.90 Å². The number of carboxylic acid groups (broad SMARTS) is 1. The van der Waals surface area contributed by atoms with E-state index in [-0.39, 0.29) is 11.1 Å². The van der Waals surface area contributed by atoms with Gasteiger partial charge in [-0.2, -0.15) is 0 Å².